The zero-order valence-corrected chi connectivity index (χ0v) is 31.9. The second-order valence-corrected chi connectivity index (χ2v) is 15.7. The van der Waals surface area contributed by atoms with Crippen molar-refractivity contribution in [3.8, 4) is 33.7 Å². The number of hydrogen-bond donors (Lipinski definition) is 0. The monoisotopic (exact) mass is 760 g/mol. The first kappa shape index (κ1) is 32.7. The highest BCUT2D eigenvalue weighted by Crippen LogP contribution is 2.47. The summed E-state index contributed by atoms with van der Waals surface area (Å²) < 4.78 is 15.7. The van der Waals surface area contributed by atoms with Crippen LogP contribution in [0.3, 0.4) is 0 Å². The molecule has 3 heterocycles. The van der Waals surface area contributed by atoms with Crippen LogP contribution in [0.4, 0.5) is 17.1 Å². The van der Waals surface area contributed by atoms with Crippen molar-refractivity contribution in [2.24, 2.45) is 0 Å². The van der Waals surface area contributed by atoms with E-state index in [0.717, 1.165) is 66.8 Å². The first-order valence-corrected chi connectivity index (χ1v) is 20.3. The maximum absolute atomic E-state index is 6.64. The Labute approximate surface area is 337 Å². The third-order valence-corrected chi connectivity index (χ3v) is 12.5. The summed E-state index contributed by atoms with van der Waals surface area (Å²) >= 11 is 1.84. The topological polar surface area (TPSA) is 42.4 Å². The number of benzene rings is 9. The van der Waals surface area contributed by atoms with Crippen LogP contribution in [0, 0.1) is 0 Å². The molecule has 0 saturated carbocycles. The fraction of sp³-hybridized carbons (Fsp3) is 0. The summed E-state index contributed by atoms with van der Waals surface area (Å²) in [5, 5.41) is 7.00. The minimum absolute atomic E-state index is 0.590. The smallest absolute Gasteiger partial charge is 0.227 e. The van der Waals surface area contributed by atoms with E-state index in [-0.39, 0.29) is 0 Å². The van der Waals surface area contributed by atoms with E-state index in [0.29, 0.717) is 5.89 Å². The highest BCUT2D eigenvalue weighted by atomic mass is 32.1. The van der Waals surface area contributed by atoms with Crippen LogP contribution >= 0.6 is 11.3 Å². The number of para-hydroxylation sites is 1. The number of anilines is 3. The van der Waals surface area contributed by atoms with Gasteiger partial charge in [0.1, 0.15) is 16.7 Å². The predicted octanol–water partition coefficient (Wildman–Crippen LogP) is 15.7. The maximum Gasteiger partial charge on any atom is 0.227 e. The Bertz CT molecular complexity index is 3500. The highest BCUT2D eigenvalue weighted by molar-refractivity contribution is 7.26. The SMILES string of the molecule is c1ccc(-c2nc3c(cc(-c4ccc(N(c5ccc(-c6cccc7ccccc67)cc5)c5cccc6c5sc5ccccc56)cc4)c4oc5ccccc5c43)o2)cc1. The fourth-order valence-corrected chi connectivity index (χ4v) is 9.79. The zero-order valence-electron chi connectivity index (χ0n) is 31.1. The molecular weight excluding hydrogens is 729 g/mol. The van der Waals surface area contributed by atoms with Gasteiger partial charge in [-0.05, 0) is 88.1 Å². The van der Waals surface area contributed by atoms with Crippen LogP contribution < -0.4 is 4.90 Å². The van der Waals surface area contributed by atoms with Gasteiger partial charge in [-0.25, -0.2) is 4.98 Å². The van der Waals surface area contributed by atoms with Crippen LogP contribution in [0.15, 0.2) is 203 Å². The van der Waals surface area contributed by atoms with Crippen LogP contribution in [-0.2, 0) is 0 Å². The molecule has 0 fully saturated rings. The normalized spacial score (nSPS) is 11.8. The van der Waals surface area contributed by atoms with E-state index >= 15 is 0 Å². The van der Waals surface area contributed by atoms with Crippen molar-refractivity contribution in [3.05, 3.63) is 194 Å². The third-order valence-electron chi connectivity index (χ3n) is 11.3. The van der Waals surface area contributed by atoms with Gasteiger partial charge in [-0.3, -0.25) is 0 Å². The Morgan fingerprint density at radius 3 is 1.90 bits per heavy atom. The Balaban J connectivity index is 1.02. The first-order chi connectivity index (χ1) is 28.7. The number of fused-ring (bicyclic) bond motifs is 9. The molecule has 0 bridgehead atoms. The lowest BCUT2D eigenvalue weighted by molar-refractivity contribution is 0.619. The average molecular weight is 761 g/mol. The number of nitrogens with zero attached hydrogens (tertiary/aromatic N) is 2. The third kappa shape index (κ3) is 5.18. The molecule has 0 amide bonds. The fourth-order valence-electron chi connectivity index (χ4n) is 8.59. The van der Waals surface area contributed by atoms with Gasteiger partial charge in [-0.1, -0.05) is 133 Å². The Hall–Kier alpha value is -7.47. The molecule has 0 spiro atoms. The molecule has 58 heavy (non-hydrogen) atoms. The first-order valence-electron chi connectivity index (χ1n) is 19.4. The van der Waals surface area contributed by atoms with E-state index in [1.165, 1.54) is 42.1 Å². The quantitative estimate of drug-likeness (QED) is 0.169. The molecule has 4 nitrogen and oxygen atoms in total. The van der Waals surface area contributed by atoms with Gasteiger partial charge >= 0.3 is 0 Å². The maximum atomic E-state index is 6.64. The summed E-state index contributed by atoms with van der Waals surface area (Å²) in [4.78, 5) is 7.41. The minimum atomic E-state index is 0.590. The van der Waals surface area contributed by atoms with Crippen LogP contribution in [-0.4, -0.2) is 4.98 Å². The lowest BCUT2D eigenvalue weighted by Gasteiger charge is -2.26. The largest absolute Gasteiger partial charge is 0.455 e. The molecular formula is C53H32N2O2S. The number of furan rings is 1. The summed E-state index contributed by atoms with van der Waals surface area (Å²) in [6, 6.07) is 68.6. The lowest BCUT2D eigenvalue weighted by Crippen LogP contribution is -2.10. The van der Waals surface area contributed by atoms with Gasteiger partial charge in [0.25, 0.3) is 0 Å². The molecule has 0 unspecified atom stereocenters. The van der Waals surface area contributed by atoms with Crippen molar-refractivity contribution >= 4 is 92.4 Å². The summed E-state index contributed by atoms with van der Waals surface area (Å²) in [7, 11) is 0. The molecule has 12 aromatic rings. The van der Waals surface area contributed by atoms with Gasteiger partial charge in [0.2, 0.25) is 5.89 Å². The van der Waals surface area contributed by atoms with Gasteiger partial charge < -0.3 is 13.7 Å². The van der Waals surface area contributed by atoms with Crippen molar-refractivity contribution in [3.63, 3.8) is 0 Å². The summed E-state index contributed by atoms with van der Waals surface area (Å²) in [5.41, 5.74) is 11.7. The molecule has 0 aliphatic heterocycles. The Morgan fingerprint density at radius 1 is 0.448 bits per heavy atom. The summed E-state index contributed by atoms with van der Waals surface area (Å²) in [6.45, 7) is 0. The van der Waals surface area contributed by atoms with E-state index < -0.39 is 0 Å². The molecule has 0 atom stereocenters. The van der Waals surface area contributed by atoms with Crippen molar-refractivity contribution in [1.82, 2.24) is 4.98 Å². The minimum Gasteiger partial charge on any atom is -0.455 e. The molecule has 0 aliphatic rings. The molecule has 12 rings (SSSR count). The number of aromatic nitrogens is 1. The average Bonchev–Trinajstić information content (AvgIpc) is 4.01. The number of oxazole rings is 1. The highest BCUT2D eigenvalue weighted by Gasteiger charge is 2.22. The Kier molecular flexibility index (Phi) is 7.37. The van der Waals surface area contributed by atoms with Crippen molar-refractivity contribution < 1.29 is 8.83 Å². The molecule has 272 valence electrons. The molecule has 9 aromatic carbocycles. The molecule has 3 aromatic heterocycles. The number of rotatable bonds is 6. The van der Waals surface area contributed by atoms with Crippen LogP contribution in [0.5, 0.6) is 0 Å². The molecule has 0 aliphatic carbocycles. The summed E-state index contributed by atoms with van der Waals surface area (Å²) in [5.74, 6) is 0.590. The van der Waals surface area contributed by atoms with E-state index in [1.807, 2.05) is 59.9 Å². The summed E-state index contributed by atoms with van der Waals surface area (Å²) in [6.07, 6.45) is 0. The van der Waals surface area contributed by atoms with Gasteiger partial charge in [-0.15, -0.1) is 11.3 Å². The molecule has 0 N–H and O–H groups in total. The molecule has 5 heteroatoms. The number of hydrogen-bond acceptors (Lipinski definition) is 5. The van der Waals surface area contributed by atoms with Crippen molar-refractivity contribution in [2.45, 2.75) is 0 Å². The van der Waals surface area contributed by atoms with E-state index in [9.17, 15) is 0 Å². The molecule has 0 saturated heterocycles. The second kappa shape index (κ2) is 13.1. The lowest BCUT2D eigenvalue weighted by atomic mass is 9.98. The van der Waals surface area contributed by atoms with Gasteiger partial charge in [0.15, 0.2) is 5.58 Å². The zero-order chi connectivity index (χ0) is 38.2. The van der Waals surface area contributed by atoms with Crippen LogP contribution in [0.2, 0.25) is 0 Å². The van der Waals surface area contributed by atoms with E-state index in [1.54, 1.807) is 0 Å². The molecule has 0 radical (unpaired) electrons. The van der Waals surface area contributed by atoms with E-state index in [4.69, 9.17) is 13.8 Å². The predicted molar refractivity (Wildman–Crippen MR) is 243 cm³/mol. The van der Waals surface area contributed by atoms with Gasteiger partial charge in [0, 0.05) is 43.4 Å². The van der Waals surface area contributed by atoms with Crippen LogP contribution in [0.1, 0.15) is 0 Å². The van der Waals surface area contributed by atoms with Crippen molar-refractivity contribution in [2.75, 3.05) is 4.90 Å². The van der Waals surface area contributed by atoms with Crippen LogP contribution in [0.25, 0.3) is 97.7 Å². The second-order valence-electron chi connectivity index (χ2n) is 14.7. The Morgan fingerprint density at radius 2 is 1.09 bits per heavy atom. The van der Waals surface area contributed by atoms with Crippen molar-refractivity contribution in [1.29, 1.82) is 0 Å². The van der Waals surface area contributed by atoms with E-state index in [2.05, 4.69) is 150 Å². The van der Waals surface area contributed by atoms with Gasteiger partial charge in [0.05, 0.1) is 15.8 Å². The van der Waals surface area contributed by atoms with Gasteiger partial charge in [-0.2, -0.15) is 0 Å². The standard InChI is InChI=1S/C53H32N2O2S/c1-2-13-36(14-3-1)53-54-50-47(57-53)32-44(51-49(50)43-18-6-8-22-46(43)56-51)35-26-30-38(31-27-35)55(45-21-11-20-42-41-17-7-9-23-48(41)58-52(42)45)37-28-24-34(25-29-37)40-19-10-15-33-12-4-5-16-39(33)40/h1-32H. The number of thiophene rings is 1.